The first-order chi connectivity index (χ1) is 10.1. The SMILES string of the molecule is CC(C)c1cc(Br)ccc1OCC1COc2ccccc21. The number of rotatable bonds is 4. The fraction of sp³-hybridized carbons (Fsp3) is 0.333. The van der Waals surface area contributed by atoms with Crippen LogP contribution in [0.15, 0.2) is 46.9 Å². The highest BCUT2D eigenvalue weighted by Crippen LogP contribution is 2.35. The molecule has 0 aliphatic carbocycles. The van der Waals surface area contributed by atoms with Crippen molar-refractivity contribution in [2.24, 2.45) is 0 Å². The summed E-state index contributed by atoms with van der Waals surface area (Å²) in [5.41, 5.74) is 2.48. The zero-order valence-electron chi connectivity index (χ0n) is 12.3. The number of halogens is 1. The maximum atomic E-state index is 6.09. The molecule has 0 amide bonds. The third-order valence-corrected chi connectivity index (χ3v) is 4.33. The van der Waals surface area contributed by atoms with E-state index in [1.807, 2.05) is 24.3 Å². The first-order valence-corrected chi connectivity index (χ1v) is 8.08. The van der Waals surface area contributed by atoms with E-state index in [2.05, 4.69) is 48.0 Å². The van der Waals surface area contributed by atoms with Crippen LogP contribution in [0.25, 0.3) is 0 Å². The maximum Gasteiger partial charge on any atom is 0.123 e. The van der Waals surface area contributed by atoms with Crippen molar-refractivity contribution >= 4 is 15.9 Å². The molecular weight excluding hydrogens is 328 g/mol. The molecule has 1 atom stereocenters. The van der Waals surface area contributed by atoms with Gasteiger partial charge in [0.05, 0.1) is 19.1 Å². The Bertz CT molecular complexity index is 637. The summed E-state index contributed by atoms with van der Waals surface area (Å²) in [6.07, 6.45) is 0. The molecule has 2 aromatic carbocycles. The standard InChI is InChI=1S/C18H19BrO2/c1-12(2)16-9-14(19)7-8-18(16)21-11-13-10-20-17-6-4-3-5-15(13)17/h3-9,12-13H,10-11H2,1-2H3. The molecule has 0 spiro atoms. The minimum Gasteiger partial charge on any atom is -0.493 e. The van der Waals surface area contributed by atoms with E-state index in [0.717, 1.165) is 16.0 Å². The maximum absolute atomic E-state index is 6.09. The number of fused-ring (bicyclic) bond motifs is 1. The van der Waals surface area contributed by atoms with Gasteiger partial charge < -0.3 is 9.47 Å². The average molecular weight is 347 g/mol. The van der Waals surface area contributed by atoms with E-state index in [4.69, 9.17) is 9.47 Å². The van der Waals surface area contributed by atoms with Gasteiger partial charge in [-0.05, 0) is 35.7 Å². The fourth-order valence-corrected chi connectivity index (χ4v) is 3.04. The van der Waals surface area contributed by atoms with E-state index in [9.17, 15) is 0 Å². The predicted molar refractivity (Wildman–Crippen MR) is 88.4 cm³/mol. The van der Waals surface area contributed by atoms with Gasteiger partial charge in [-0.2, -0.15) is 0 Å². The average Bonchev–Trinajstić information content (AvgIpc) is 2.89. The third kappa shape index (κ3) is 3.08. The first-order valence-electron chi connectivity index (χ1n) is 7.29. The normalized spacial score (nSPS) is 16.7. The Labute approximate surface area is 134 Å². The van der Waals surface area contributed by atoms with Gasteiger partial charge in [0.1, 0.15) is 11.5 Å². The van der Waals surface area contributed by atoms with E-state index in [1.54, 1.807) is 0 Å². The number of ether oxygens (including phenoxy) is 2. The minimum atomic E-state index is 0.310. The fourth-order valence-electron chi connectivity index (χ4n) is 2.66. The Morgan fingerprint density at radius 3 is 2.86 bits per heavy atom. The van der Waals surface area contributed by atoms with Crippen molar-refractivity contribution in [3.05, 3.63) is 58.1 Å². The second-order valence-corrected chi connectivity index (χ2v) is 6.61. The van der Waals surface area contributed by atoms with Crippen LogP contribution >= 0.6 is 15.9 Å². The van der Waals surface area contributed by atoms with Crippen LogP contribution in [0, 0.1) is 0 Å². The highest BCUT2D eigenvalue weighted by Gasteiger charge is 2.24. The molecule has 0 radical (unpaired) electrons. The number of hydrogen-bond donors (Lipinski definition) is 0. The summed E-state index contributed by atoms with van der Waals surface area (Å²) in [5.74, 6) is 2.71. The lowest BCUT2D eigenvalue weighted by molar-refractivity contribution is 0.246. The van der Waals surface area contributed by atoms with Crippen molar-refractivity contribution < 1.29 is 9.47 Å². The van der Waals surface area contributed by atoms with Crippen LogP contribution in [0.3, 0.4) is 0 Å². The minimum absolute atomic E-state index is 0.310. The summed E-state index contributed by atoms with van der Waals surface area (Å²) >= 11 is 3.53. The van der Waals surface area contributed by atoms with Crippen LogP contribution in [0.2, 0.25) is 0 Å². The Balaban J connectivity index is 1.75. The molecule has 0 saturated carbocycles. The van der Waals surface area contributed by atoms with E-state index in [-0.39, 0.29) is 0 Å². The van der Waals surface area contributed by atoms with Crippen LogP contribution in [0.1, 0.15) is 36.8 Å². The van der Waals surface area contributed by atoms with Crippen molar-refractivity contribution in [1.82, 2.24) is 0 Å². The van der Waals surface area contributed by atoms with Crippen LogP contribution in [-0.2, 0) is 0 Å². The largest absolute Gasteiger partial charge is 0.493 e. The summed E-state index contributed by atoms with van der Waals surface area (Å²) in [6, 6.07) is 14.4. The van der Waals surface area contributed by atoms with Crippen LogP contribution in [0.4, 0.5) is 0 Å². The quantitative estimate of drug-likeness (QED) is 0.764. The molecule has 110 valence electrons. The molecule has 0 saturated heterocycles. The Morgan fingerprint density at radius 2 is 2.05 bits per heavy atom. The van der Waals surface area contributed by atoms with E-state index in [1.165, 1.54) is 11.1 Å². The highest BCUT2D eigenvalue weighted by atomic mass is 79.9. The van der Waals surface area contributed by atoms with Crippen LogP contribution < -0.4 is 9.47 Å². The number of benzene rings is 2. The molecule has 0 aromatic heterocycles. The highest BCUT2D eigenvalue weighted by molar-refractivity contribution is 9.10. The summed E-state index contributed by atoms with van der Waals surface area (Å²) in [7, 11) is 0. The summed E-state index contributed by atoms with van der Waals surface area (Å²) in [4.78, 5) is 0. The third-order valence-electron chi connectivity index (χ3n) is 3.83. The molecule has 2 nitrogen and oxygen atoms in total. The second-order valence-electron chi connectivity index (χ2n) is 5.69. The molecule has 21 heavy (non-hydrogen) atoms. The van der Waals surface area contributed by atoms with Gasteiger partial charge in [0.15, 0.2) is 0 Å². The summed E-state index contributed by atoms with van der Waals surface area (Å²) in [6.45, 7) is 5.72. The summed E-state index contributed by atoms with van der Waals surface area (Å²) < 4.78 is 12.9. The van der Waals surface area contributed by atoms with E-state index >= 15 is 0 Å². The Morgan fingerprint density at radius 1 is 1.24 bits per heavy atom. The Hall–Kier alpha value is -1.48. The number of para-hydroxylation sites is 1. The lowest BCUT2D eigenvalue weighted by Crippen LogP contribution is -2.12. The first kappa shape index (κ1) is 14.5. The van der Waals surface area contributed by atoms with Gasteiger partial charge in [0.2, 0.25) is 0 Å². The molecule has 1 heterocycles. The van der Waals surface area contributed by atoms with Crippen LogP contribution in [0.5, 0.6) is 11.5 Å². The van der Waals surface area contributed by atoms with Gasteiger partial charge in [-0.1, -0.05) is 48.0 Å². The Kier molecular flexibility index (Phi) is 4.20. The molecule has 0 bridgehead atoms. The number of hydrogen-bond acceptors (Lipinski definition) is 2. The second kappa shape index (κ2) is 6.10. The summed E-state index contributed by atoms with van der Waals surface area (Å²) in [5, 5.41) is 0. The molecule has 3 rings (SSSR count). The zero-order chi connectivity index (χ0) is 14.8. The van der Waals surface area contributed by atoms with E-state index in [0.29, 0.717) is 25.0 Å². The van der Waals surface area contributed by atoms with Crippen molar-refractivity contribution in [3.63, 3.8) is 0 Å². The zero-order valence-corrected chi connectivity index (χ0v) is 13.9. The van der Waals surface area contributed by atoms with Gasteiger partial charge in [-0.3, -0.25) is 0 Å². The van der Waals surface area contributed by atoms with Gasteiger partial charge in [0, 0.05) is 10.0 Å². The van der Waals surface area contributed by atoms with Gasteiger partial charge >= 0.3 is 0 Å². The van der Waals surface area contributed by atoms with Gasteiger partial charge in [-0.25, -0.2) is 0 Å². The van der Waals surface area contributed by atoms with Crippen molar-refractivity contribution in [2.45, 2.75) is 25.7 Å². The lowest BCUT2D eigenvalue weighted by Gasteiger charge is -2.16. The van der Waals surface area contributed by atoms with Gasteiger partial charge in [0.25, 0.3) is 0 Å². The lowest BCUT2D eigenvalue weighted by atomic mass is 10.0. The molecule has 2 aromatic rings. The predicted octanol–water partition coefficient (Wildman–Crippen LogP) is 5.13. The molecule has 1 unspecified atom stereocenters. The smallest absolute Gasteiger partial charge is 0.123 e. The monoisotopic (exact) mass is 346 g/mol. The van der Waals surface area contributed by atoms with E-state index < -0.39 is 0 Å². The molecule has 0 N–H and O–H groups in total. The molecule has 3 heteroatoms. The van der Waals surface area contributed by atoms with Crippen LogP contribution in [-0.4, -0.2) is 13.2 Å². The molecule has 1 aliphatic rings. The molecule has 0 fully saturated rings. The molecular formula is C18H19BrO2. The van der Waals surface area contributed by atoms with Crippen molar-refractivity contribution in [3.8, 4) is 11.5 Å². The van der Waals surface area contributed by atoms with Gasteiger partial charge in [-0.15, -0.1) is 0 Å². The van der Waals surface area contributed by atoms with Crippen molar-refractivity contribution in [1.29, 1.82) is 0 Å². The molecule has 1 aliphatic heterocycles. The topological polar surface area (TPSA) is 18.5 Å². The van der Waals surface area contributed by atoms with Crippen molar-refractivity contribution in [2.75, 3.05) is 13.2 Å².